The lowest BCUT2D eigenvalue weighted by molar-refractivity contribution is 0.609. The Morgan fingerprint density at radius 2 is 1.89 bits per heavy atom. The maximum atomic E-state index is 12.3. The normalized spacial score (nSPS) is 10.8. The van der Waals surface area contributed by atoms with Gasteiger partial charge in [0.2, 0.25) is 0 Å². The third-order valence-electron chi connectivity index (χ3n) is 3.01. The number of pyridine rings is 1. The van der Waals surface area contributed by atoms with Crippen LogP contribution in [-0.4, -0.2) is 21.2 Å². The largest absolute Gasteiger partial charge is 0.372 e. The van der Waals surface area contributed by atoms with E-state index in [9.17, 15) is 9.59 Å². The van der Waals surface area contributed by atoms with E-state index in [1.54, 1.807) is 30.8 Å². The Morgan fingerprint density at radius 1 is 1.22 bits per heavy atom. The van der Waals surface area contributed by atoms with Crippen molar-refractivity contribution >= 4 is 16.7 Å². The van der Waals surface area contributed by atoms with Crippen LogP contribution in [0.1, 0.15) is 13.8 Å². The topological polar surface area (TPSA) is 68.9 Å². The molecule has 2 aromatic heterocycles. The minimum absolute atomic E-state index is 0.272. The molecule has 0 saturated carbocycles. The third-order valence-corrected chi connectivity index (χ3v) is 3.01. The highest BCUT2D eigenvalue weighted by Gasteiger charge is 2.14. The molecule has 1 N–H and O–H groups in total. The van der Waals surface area contributed by atoms with Gasteiger partial charge in [0, 0.05) is 26.3 Å². The Kier molecular flexibility index (Phi) is 3.18. The fourth-order valence-electron chi connectivity index (χ4n) is 2.13. The van der Waals surface area contributed by atoms with E-state index in [1.807, 2.05) is 6.92 Å². The zero-order valence-corrected chi connectivity index (χ0v) is 10.7. The molecule has 0 radical (unpaired) electrons. The number of hydrogen-bond donors (Lipinski definition) is 1. The van der Waals surface area contributed by atoms with Crippen molar-refractivity contribution in [1.82, 2.24) is 14.1 Å². The van der Waals surface area contributed by atoms with Crippen LogP contribution in [0.3, 0.4) is 0 Å². The second-order valence-corrected chi connectivity index (χ2v) is 3.88. The summed E-state index contributed by atoms with van der Waals surface area (Å²) in [6, 6.07) is 1.70. The van der Waals surface area contributed by atoms with Crippen LogP contribution in [0.4, 0.5) is 5.82 Å². The molecule has 0 saturated heterocycles. The molecule has 0 aliphatic carbocycles. The van der Waals surface area contributed by atoms with E-state index >= 15 is 0 Å². The van der Waals surface area contributed by atoms with Gasteiger partial charge in [-0.05, 0) is 19.9 Å². The summed E-state index contributed by atoms with van der Waals surface area (Å²) in [6.45, 7) is 4.53. The van der Waals surface area contributed by atoms with Gasteiger partial charge in [0.1, 0.15) is 11.2 Å². The quantitative estimate of drug-likeness (QED) is 0.865. The summed E-state index contributed by atoms with van der Waals surface area (Å²) in [5.74, 6) is 0.502. The number of fused-ring (bicyclic) bond motifs is 1. The van der Waals surface area contributed by atoms with E-state index < -0.39 is 0 Å². The van der Waals surface area contributed by atoms with E-state index in [4.69, 9.17) is 0 Å². The predicted octanol–water partition coefficient (Wildman–Crippen LogP) is 0.640. The summed E-state index contributed by atoms with van der Waals surface area (Å²) in [4.78, 5) is 28.6. The van der Waals surface area contributed by atoms with Crippen LogP contribution in [0.5, 0.6) is 0 Å². The summed E-state index contributed by atoms with van der Waals surface area (Å²) in [7, 11) is 1.71. The van der Waals surface area contributed by atoms with Crippen LogP contribution in [-0.2, 0) is 13.1 Å². The Morgan fingerprint density at radius 3 is 2.44 bits per heavy atom. The number of nitrogens with zero attached hydrogens (tertiary/aromatic N) is 3. The molecule has 18 heavy (non-hydrogen) atoms. The monoisotopic (exact) mass is 248 g/mol. The number of aryl methyl sites for hydroxylation is 1. The molecule has 0 amide bonds. The smallest absolute Gasteiger partial charge is 0.331 e. The first kappa shape index (κ1) is 12.3. The maximum absolute atomic E-state index is 12.3. The molecule has 0 bridgehead atoms. The van der Waals surface area contributed by atoms with Crippen molar-refractivity contribution in [2.75, 3.05) is 12.4 Å². The lowest BCUT2D eigenvalue weighted by Gasteiger charge is -2.12. The number of nitrogens with one attached hydrogen (secondary N) is 1. The van der Waals surface area contributed by atoms with E-state index in [-0.39, 0.29) is 11.2 Å². The van der Waals surface area contributed by atoms with Crippen LogP contribution < -0.4 is 16.6 Å². The Bertz CT molecular complexity index is 700. The van der Waals surface area contributed by atoms with E-state index in [0.717, 1.165) is 0 Å². The van der Waals surface area contributed by atoms with Crippen LogP contribution in [0, 0.1) is 0 Å². The minimum Gasteiger partial charge on any atom is -0.372 e. The summed E-state index contributed by atoms with van der Waals surface area (Å²) in [5, 5.41) is 3.35. The van der Waals surface area contributed by atoms with Crippen molar-refractivity contribution in [2.45, 2.75) is 26.9 Å². The molecule has 96 valence electrons. The summed E-state index contributed by atoms with van der Waals surface area (Å²) in [5.41, 5.74) is 0.0574. The van der Waals surface area contributed by atoms with Crippen molar-refractivity contribution in [2.24, 2.45) is 0 Å². The van der Waals surface area contributed by atoms with Crippen molar-refractivity contribution in [3.63, 3.8) is 0 Å². The number of rotatable bonds is 3. The van der Waals surface area contributed by atoms with Gasteiger partial charge in [0.25, 0.3) is 5.56 Å². The fraction of sp³-hybridized carbons (Fsp3) is 0.417. The average Bonchev–Trinajstić information content (AvgIpc) is 2.39. The molecule has 2 aromatic rings. The highest BCUT2D eigenvalue weighted by molar-refractivity contribution is 5.88. The second-order valence-electron chi connectivity index (χ2n) is 3.88. The summed E-state index contributed by atoms with van der Waals surface area (Å²) >= 11 is 0. The van der Waals surface area contributed by atoms with Gasteiger partial charge in [-0.2, -0.15) is 0 Å². The molecule has 0 unspecified atom stereocenters. The SMILES string of the molecule is CCn1c(=O)c2c(NC)nccc2n(CC)c1=O. The first-order valence-corrected chi connectivity index (χ1v) is 5.95. The van der Waals surface area contributed by atoms with Gasteiger partial charge in [0.15, 0.2) is 0 Å². The highest BCUT2D eigenvalue weighted by atomic mass is 16.2. The van der Waals surface area contributed by atoms with Crippen LogP contribution in [0.15, 0.2) is 21.9 Å². The molecule has 0 aliphatic heterocycles. The van der Waals surface area contributed by atoms with Crippen molar-refractivity contribution < 1.29 is 0 Å². The lowest BCUT2D eigenvalue weighted by atomic mass is 10.2. The first-order chi connectivity index (χ1) is 8.65. The van der Waals surface area contributed by atoms with Gasteiger partial charge in [-0.15, -0.1) is 0 Å². The third kappa shape index (κ3) is 1.61. The average molecular weight is 248 g/mol. The van der Waals surface area contributed by atoms with Gasteiger partial charge >= 0.3 is 5.69 Å². The highest BCUT2D eigenvalue weighted by Crippen LogP contribution is 2.15. The molecule has 6 heteroatoms. The van der Waals surface area contributed by atoms with Crippen LogP contribution >= 0.6 is 0 Å². The molecule has 6 nitrogen and oxygen atoms in total. The summed E-state index contributed by atoms with van der Waals surface area (Å²) < 4.78 is 2.82. The van der Waals surface area contributed by atoms with Gasteiger partial charge in [-0.25, -0.2) is 9.78 Å². The van der Waals surface area contributed by atoms with E-state index in [1.165, 1.54) is 4.57 Å². The van der Waals surface area contributed by atoms with Crippen LogP contribution in [0.25, 0.3) is 10.9 Å². The number of hydrogen-bond acceptors (Lipinski definition) is 4. The molecule has 0 aromatic carbocycles. The molecule has 0 aliphatic rings. The molecule has 0 spiro atoms. The molecule has 2 heterocycles. The number of anilines is 1. The van der Waals surface area contributed by atoms with Gasteiger partial charge < -0.3 is 5.32 Å². The van der Waals surface area contributed by atoms with Crippen molar-refractivity contribution in [3.05, 3.63) is 33.1 Å². The Balaban J connectivity index is 3.09. The maximum Gasteiger partial charge on any atom is 0.331 e. The predicted molar refractivity (Wildman–Crippen MR) is 71.2 cm³/mol. The fourth-order valence-corrected chi connectivity index (χ4v) is 2.13. The van der Waals surface area contributed by atoms with Crippen molar-refractivity contribution in [3.8, 4) is 0 Å². The Hall–Kier alpha value is -2.11. The minimum atomic E-state index is -0.292. The van der Waals surface area contributed by atoms with E-state index in [2.05, 4.69) is 10.3 Å². The van der Waals surface area contributed by atoms with Crippen LogP contribution in [0.2, 0.25) is 0 Å². The first-order valence-electron chi connectivity index (χ1n) is 5.95. The zero-order valence-electron chi connectivity index (χ0n) is 10.7. The molecule has 2 rings (SSSR count). The molecule has 0 atom stereocenters. The van der Waals surface area contributed by atoms with Crippen molar-refractivity contribution in [1.29, 1.82) is 0 Å². The second kappa shape index (κ2) is 4.64. The van der Waals surface area contributed by atoms with Gasteiger partial charge in [-0.3, -0.25) is 13.9 Å². The Labute approximate surface area is 104 Å². The molecular weight excluding hydrogens is 232 g/mol. The molecular formula is C12H16N4O2. The zero-order chi connectivity index (χ0) is 13.3. The van der Waals surface area contributed by atoms with E-state index in [0.29, 0.717) is 29.8 Å². The van der Waals surface area contributed by atoms with Gasteiger partial charge in [0.05, 0.1) is 5.52 Å². The lowest BCUT2D eigenvalue weighted by Crippen LogP contribution is -2.39. The molecule has 0 fully saturated rings. The summed E-state index contributed by atoms with van der Waals surface area (Å²) in [6.07, 6.45) is 1.59. The van der Waals surface area contributed by atoms with Gasteiger partial charge in [-0.1, -0.05) is 0 Å². The standard InChI is InChI=1S/C12H16N4O2/c1-4-15-8-6-7-14-10(13-3)9(8)11(17)16(5-2)12(15)18/h6-7H,4-5H2,1-3H3,(H,13,14). The number of aromatic nitrogens is 3.